The van der Waals surface area contributed by atoms with Crippen LogP contribution in [0.3, 0.4) is 0 Å². The zero-order valence-electron chi connectivity index (χ0n) is 14.8. The summed E-state index contributed by atoms with van der Waals surface area (Å²) < 4.78 is 5.65. The van der Waals surface area contributed by atoms with Crippen LogP contribution in [-0.2, 0) is 4.74 Å². The van der Waals surface area contributed by atoms with E-state index in [2.05, 4.69) is 44.8 Å². The fourth-order valence-corrected chi connectivity index (χ4v) is 4.52. The van der Waals surface area contributed by atoms with Gasteiger partial charge in [-0.1, -0.05) is 30.3 Å². The van der Waals surface area contributed by atoms with Gasteiger partial charge in [0.05, 0.1) is 11.8 Å². The van der Waals surface area contributed by atoms with Gasteiger partial charge < -0.3 is 19.9 Å². The van der Waals surface area contributed by atoms with Crippen LogP contribution < -0.4 is 10.2 Å². The Bertz CT molecular complexity index is 722. The van der Waals surface area contributed by atoms with Crippen molar-refractivity contribution in [1.82, 2.24) is 15.2 Å². The quantitative estimate of drug-likeness (QED) is 0.812. The van der Waals surface area contributed by atoms with E-state index in [-0.39, 0.29) is 0 Å². The first-order valence-electron chi connectivity index (χ1n) is 9.20. The number of hydrogen-bond acceptors (Lipinski definition) is 5. The molecule has 0 aliphatic carbocycles. The molecule has 0 unspecified atom stereocenters. The van der Waals surface area contributed by atoms with E-state index >= 15 is 0 Å². The molecule has 0 spiro atoms. The molecule has 1 aromatic carbocycles. The van der Waals surface area contributed by atoms with E-state index in [0.29, 0.717) is 6.10 Å². The number of benzene rings is 1. The molecule has 26 heavy (non-hydrogen) atoms. The summed E-state index contributed by atoms with van der Waals surface area (Å²) in [6.45, 7) is 5.46. The van der Waals surface area contributed by atoms with Gasteiger partial charge >= 0.3 is 0 Å². The number of piperazine rings is 1. The van der Waals surface area contributed by atoms with Gasteiger partial charge in [0.25, 0.3) is 0 Å². The van der Waals surface area contributed by atoms with Crippen LogP contribution in [0.15, 0.2) is 35.7 Å². The molecule has 5 nitrogen and oxygen atoms in total. The molecule has 4 rings (SSSR count). The number of nitrogens with one attached hydrogen (secondary N) is 1. The minimum absolute atomic E-state index is 0.320. The highest BCUT2D eigenvalue weighted by atomic mass is 32.1. The van der Waals surface area contributed by atoms with Gasteiger partial charge in [-0.25, -0.2) is 4.98 Å². The second-order valence-corrected chi connectivity index (χ2v) is 7.90. The van der Waals surface area contributed by atoms with E-state index in [1.54, 1.807) is 11.3 Å². The second-order valence-electron chi connectivity index (χ2n) is 6.68. The molecule has 1 aromatic heterocycles. The third-order valence-corrected chi connectivity index (χ3v) is 6.21. The summed E-state index contributed by atoms with van der Waals surface area (Å²) in [5.41, 5.74) is 2.23. The molecule has 0 amide bonds. The van der Waals surface area contributed by atoms with Crippen molar-refractivity contribution in [2.45, 2.75) is 18.9 Å². The Labute approximate surface area is 164 Å². The molecule has 2 aliphatic rings. The molecule has 2 aliphatic heterocycles. The van der Waals surface area contributed by atoms with E-state index in [9.17, 15) is 0 Å². The molecule has 0 saturated carbocycles. The fraction of sp³-hybridized carbons (Fsp3) is 0.474. The molecule has 138 valence electrons. The largest absolute Gasteiger partial charge is 0.376 e. The maximum absolute atomic E-state index is 5.65. The van der Waals surface area contributed by atoms with E-state index < -0.39 is 0 Å². The van der Waals surface area contributed by atoms with Crippen LogP contribution in [0, 0.1) is 0 Å². The van der Waals surface area contributed by atoms with Gasteiger partial charge in [-0.15, -0.1) is 11.3 Å². The van der Waals surface area contributed by atoms with Crippen molar-refractivity contribution in [3.63, 3.8) is 0 Å². The Kier molecular flexibility index (Phi) is 5.67. The lowest BCUT2D eigenvalue weighted by Gasteiger charge is -2.36. The fourth-order valence-electron chi connectivity index (χ4n) is 3.37. The minimum Gasteiger partial charge on any atom is -0.376 e. The first-order chi connectivity index (χ1) is 12.8. The maximum atomic E-state index is 5.65. The lowest BCUT2D eigenvalue weighted by Crippen LogP contribution is -2.52. The number of thiocarbonyl (C=S) groups is 1. The third-order valence-electron chi connectivity index (χ3n) is 4.90. The zero-order valence-corrected chi connectivity index (χ0v) is 16.4. The number of hydrogen-bond donors (Lipinski definition) is 1. The summed E-state index contributed by atoms with van der Waals surface area (Å²) in [6.07, 6.45) is 2.62. The highest BCUT2D eigenvalue weighted by Gasteiger charge is 2.22. The molecule has 0 radical (unpaired) electrons. The first-order valence-corrected chi connectivity index (χ1v) is 10.5. The highest BCUT2D eigenvalue weighted by molar-refractivity contribution is 7.80. The van der Waals surface area contributed by atoms with E-state index in [4.69, 9.17) is 21.9 Å². The van der Waals surface area contributed by atoms with Gasteiger partial charge in [0.2, 0.25) is 0 Å². The van der Waals surface area contributed by atoms with Gasteiger partial charge in [0.1, 0.15) is 0 Å². The number of thiazole rings is 1. The smallest absolute Gasteiger partial charge is 0.185 e. The Hall–Kier alpha value is -1.70. The lowest BCUT2D eigenvalue weighted by molar-refractivity contribution is 0.113. The Morgan fingerprint density at radius 3 is 2.77 bits per heavy atom. The Balaban J connectivity index is 1.28. The molecule has 2 saturated heterocycles. The van der Waals surface area contributed by atoms with E-state index in [1.807, 2.05) is 6.07 Å². The standard InChI is InChI=1S/C19H24N4OS2/c25-18(20-13-16-7-4-12-24-16)22-8-10-23(11-9-22)19-21-17(14-26-19)15-5-2-1-3-6-15/h1-3,5-6,14,16H,4,7-13H2,(H,20,25)/t16-/m0/s1. The number of aromatic nitrogens is 1. The molecular formula is C19H24N4OS2. The molecule has 0 bridgehead atoms. The van der Waals surface area contributed by atoms with Crippen LogP contribution in [0.1, 0.15) is 12.8 Å². The zero-order chi connectivity index (χ0) is 17.8. The van der Waals surface area contributed by atoms with Gasteiger partial charge in [-0.3, -0.25) is 0 Å². The third kappa shape index (κ3) is 4.16. The second kappa shape index (κ2) is 8.33. The van der Waals surface area contributed by atoms with Crippen molar-refractivity contribution in [3.8, 4) is 11.3 Å². The summed E-state index contributed by atoms with van der Waals surface area (Å²) >= 11 is 7.28. The molecule has 3 heterocycles. The average Bonchev–Trinajstić information content (AvgIpc) is 3.39. The van der Waals surface area contributed by atoms with Crippen molar-refractivity contribution in [2.24, 2.45) is 0 Å². The Morgan fingerprint density at radius 1 is 1.23 bits per heavy atom. The molecular weight excluding hydrogens is 364 g/mol. The van der Waals surface area contributed by atoms with Crippen LogP contribution in [0.4, 0.5) is 5.13 Å². The number of ether oxygens (including phenoxy) is 1. The first kappa shape index (κ1) is 17.7. The normalized spacial score (nSPS) is 20.4. The van der Waals surface area contributed by atoms with Gasteiger partial charge in [0, 0.05) is 50.3 Å². The average molecular weight is 389 g/mol. The minimum atomic E-state index is 0.320. The maximum Gasteiger partial charge on any atom is 0.185 e. The number of nitrogens with zero attached hydrogens (tertiary/aromatic N) is 3. The van der Waals surface area contributed by atoms with Crippen molar-refractivity contribution in [3.05, 3.63) is 35.7 Å². The monoisotopic (exact) mass is 388 g/mol. The van der Waals surface area contributed by atoms with Crippen molar-refractivity contribution in [2.75, 3.05) is 44.2 Å². The van der Waals surface area contributed by atoms with Gasteiger partial charge in [0.15, 0.2) is 10.2 Å². The van der Waals surface area contributed by atoms with Gasteiger partial charge in [-0.2, -0.15) is 0 Å². The number of rotatable bonds is 4. The molecule has 7 heteroatoms. The number of anilines is 1. The summed E-state index contributed by atoms with van der Waals surface area (Å²) in [5.74, 6) is 0. The van der Waals surface area contributed by atoms with Crippen LogP contribution in [0.5, 0.6) is 0 Å². The van der Waals surface area contributed by atoms with Crippen molar-refractivity contribution >= 4 is 33.8 Å². The predicted octanol–water partition coefficient (Wildman–Crippen LogP) is 2.99. The van der Waals surface area contributed by atoms with E-state index in [0.717, 1.165) is 68.1 Å². The van der Waals surface area contributed by atoms with E-state index in [1.165, 1.54) is 5.56 Å². The summed E-state index contributed by atoms with van der Waals surface area (Å²) in [4.78, 5) is 9.44. The SMILES string of the molecule is S=C(NC[C@@H]1CCCO1)N1CCN(c2nc(-c3ccccc3)cs2)CC1. The topological polar surface area (TPSA) is 40.6 Å². The molecule has 1 atom stereocenters. The summed E-state index contributed by atoms with van der Waals surface area (Å²) in [7, 11) is 0. The summed E-state index contributed by atoms with van der Waals surface area (Å²) in [6, 6.07) is 10.4. The van der Waals surface area contributed by atoms with Crippen molar-refractivity contribution in [1.29, 1.82) is 0 Å². The lowest BCUT2D eigenvalue weighted by atomic mass is 10.2. The van der Waals surface area contributed by atoms with Crippen LogP contribution in [0.2, 0.25) is 0 Å². The highest BCUT2D eigenvalue weighted by Crippen LogP contribution is 2.27. The Morgan fingerprint density at radius 2 is 2.04 bits per heavy atom. The van der Waals surface area contributed by atoms with Crippen molar-refractivity contribution < 1.29 is 4.74 Å². The molecule has 2 aromatic rings. The molecule has 1 N–H and O–H groups in total. The van der Waals surface area contributed by atoms with Crippen LogP contribution >= 0.6 is 23.6 Å². The predicted molar refractivity (Wildman–Crippen MR) is 111 cm³/mol. The molecule has 2 fully saturated rings. The van der Waals surface area contributed by atoms with Gasteiger partial charge in [-0.05, 0) is 25.1 Å². The summed E-state index contributed by atoms with van der Waals surface area (Å²) in [5, 5.41) is 7.47. The van der Waals surface area contributed by atoms with Crippen LogP contribution in [-0.4, -0.2) is 60.4 Å². The van der Waals surface area contributed by atoms with Crippen LogP contribution in [0.25, 0.3) is 11.3 Å².